The number of rotatable bonds is 3. The lowest BCUT2D eigenvalue weighted by Gasteiger charge is -1.96. The molecular formula is C13H10BrNO2. The zero-order chi connectivity index (χ0) is 12.3. The van der Waals surface area contributed by atoms with Gasteiger partial charge in [-0.15, -0.1) is 0 Å². The van der Waals surface area contributed by atoms with Crippen molar-refractivity contribution in [1.29, 1.82) is 0 Å². The molecule has 1 aliphatic rings. The van der Waals surface area contributed by atoms with Gasteiger partial charge >= 0.3 is 0 Å². The van der Waals surface area contributed by atoms with Crippen LogP contribution in [0.1, 0.15) is 5.56 Å². The van der Waals surface area contributed by atoms with E-state index in [-0.39, 0.29) is 17.3 Å². The summed E-state index contributed by atoms with van der Waals surface area (Å²) in [5, 5.41) is 9.36. The maximum absolute atomic E-state index is 11.7. The molecule has 86 valence electrons. The van der Waals surface area contributed by atoms with Crippen LogP contribution < -0.4 is 0 Å². The lowest BCUT2D eigenvalue weighted by molar-refractivity contribution is -0.108. The summed E-state index contributed by atoms with van der Waals surface area (Å²) < 4.78 is 0.988. The predicted octanol–water partition coefficient (Wildman–Crippen LogP) is 2.93. The molecule has 0 radical (unpaired) electrons. The quantitative estimate of drug-likeness (QED) is 0.871. The van der Waals surface area contributed by atoms with Gasteiger partial charge in [-0.05, 0) is 29.8 Å². The highest BCUT2D eigenvalue weighted by molar-refractivity contribution is 9.10. The van der Waals surface area contributed by atoms with Gasteiger partial charge < -0.3 is 5.11 Å². The molecule has 1 aliphatic heterocycles. The van der Waals surface area contributed by atoms with Gasteiger partial charge in [-0.1, -0.05) is 34.1 Å². The van der Waals surface area contributed by atoms with Crippen LogP contribution in [0.15, 0.2) is 51.6 Å². The molecule has 0 atom stereocenters. The highest BCUT2D eigenvalue weighted by atomic mass is 79.9. The van der Waals surface area contributed by atoms with Gasteiger partial charge in [0.15, 0.2) is 0 Å². The van der Waals surface area contributed by atoms with Crippen LogP contribution in [0.3, 0.4) is 0 Å². The lowest BCUT2D eigenvalue weighted by Crippen LogP contribution is -2.11. The number of hydrogen-bond donors (Lipinski definition) is 1. The molecule has 0 aromatic heterocycles. The number of benzene rings is 1. The van der Waals surface area contributed by atoms with E-state index in [1.807, 2.05) is 24.3 Å². The van der Waals surface area contributed by atoms with Gasteiger partial charge in [0.25, 0.3) is 0 Å². The molecule has 1 heterocycles. The SMILES string of the molecule is O=C(/C=C/c1ccc(Br)cc1)C1=NCC=C1O. The highest BCUT2D eigenvalue weighted by Crippen LogP contribution is 2.12. The van der Waals surface area contributed by atoms with E-state index in [9.17, 15) is 9.90 Å². The van der Waals surface area contributed by atoms with Crippen molar-refractivity contribution in [1.82, 2.24) is 0 Å². The van der Waals surface area contributed by atoms with E-state index < -0.39 is 0 Å². The Kier molecular flexibility index (Phi) is 3.54. The fourth-order valence-corrected chi connectivity index (χ4v) is 1.69. The zero-order valence-electron chi connectivity index (χ0n) is 8.93. The third kappa shape index (κ3) is 2.91. The third-order valence-electron chi connectivity index (χ3n) is 2.31. The van der Waals surface area contributed by atoms with Gasteiger partial charge in [0, 0.05) is 4.47 Å². The third-order valence-corrected chi connectivity index (χ3v) is 2.84. The van der Waals surface area contributed by atoms with E-state index in [0.29, 0.717) is 6.54 Å². The van der Waals surface area contributed by atoms with E-state index in [4.69, 9.17) is 0 Å². The molecule has 1 aromatic rings. The van der Waals surface area contributed by atoms with Crippen molar-refractivity contribution in [2.45, 2.75) is 0 Å². The standard InChI is InChI=1S/C13H10BrNO2/c14-10-4-1-9(2-5-10)3-6-11(16)13-12(17)7-8-15-13/h1-7,17H,8H2/b6-3+. The molecule has 0 amide bonds. The molecule has 0 spiro atoms. The van der Waals surface area contributed by atoms with Crippen molar-refractivity contribution in [3.63, 3.8) is 0 Å². The first-order chi connectivity index (χ1) is 8.16. The van der Waals surface area contributed by atoms with E-state index in [2.05, 4.69) is 20.9 Å². The van der Waals surface area contributed by atoms with Crippen molar-refractivity contribution in [3.8, 4) is 0 Å². The summed E-state index contributed by atoms with van der Waals surface area (Å²) in [7, 11) is 0. The second kappa shape index (κ2) is 5.10. The summed E-state index contributed by atoms with van der Waals surface area (Å²) in [5.74, 6) is -0.311. The summed E-state index contributed by atoms with van der Waals surface area (Å²) in [5.41, 5.74) is 1.06. The Morgan fingerprint density at radius 1 is 1.35 bits per heavy atom. The van der Waals surface area contributed by atoms with Crippen molar-refractivity contribution < 1.29 is 9.90 Å². The number of aliphatic imine (C=N–C) groups is 1. The number of hydrogen-bond acceptors (Lipinski definition) is 3. The molecule has 1 N–H and O–H groups in total. The van der Waals surface area contributed by atoms with Crippen LogP contribution in [0.2, 0.25) is 0 Å². The Balaban J connectivity index is 2.09. The molecule has 0 saturated heterocycles. The number of ketones is 1. The minimum atomic E-state index is -0.279. The van der Waals surface area contributed by atoms with Crippen LogP contribution in [-0.2, 0) is 4.79 Å². The average molecular weight is 292 g/mol. The van der Waals surface area contributed by atoms with Gasteiger partial charge in [0.1, 0.15) is 11.5 Å². The second-order valence-electron chi connectivity index (χ2n) is 3.53. The number of aliphatic hydroxyl groups excluding tert-OH is 1. The number of carbonyl (C=O) groups is 1. The molecule has 0 fully saturated rings. The molecule has 0 bridgehead atoms. The van der Waals surface area contributed by atoms with Gasteiger partial charge in [-0.3, -0.25) is 9.79 Å². The summed E-state index contributed by atoms with van der Waals surface area (Å²) in [6.07, 6.45) is 4.63. The molecule has 1 aromatic carbocycles. The zero-order valence-corrected chi connectivity index (χ0v) is 10.5. The number of nitrogens with zero attached hydrogens (tertiary/aromatic N) is 1. The Morgan fingerprint density at radius 2 is 2.06 bits per heavy atom. The van der Waals surface area contributed by atoms with Crippen LogP contribution in [0.4, 0.5) is 0 Å². The minimum Gasteiger partial charge on any atom is -0.506 e. The Labute approximate surface area is 107 Å². The molecule has 2 rings (SSSR count). The topological polar surface area (TPSA) is 49.7 Å². The smallest absolute Gasteiger partial charge is 0.207 e. The van der Waals surface area contributed by atoms with Crippen LogP contribution in [0, 0.1) is 0 Å². The molecule has 0 saturated carbocycles. The number of allylic oxidation sites excluding steroid dienone is 2. The Morgan fingerprint density at radius 3 is 2.65 bits per heavy atom. The molecule has 3 nitrogen and oxygen atoms in total. The summed E-state index contributed by atoms with van der Waals surface area (Å²) in [6.45, 7) is 0.374. The Bertz CT molecular complexity index is 527. The monoisotopic (exact) mass is 291 g/mol. The normalized spacial score (nSPS) is 14.9. The maximum Gasteiger partial charge on any atom is 0.207 e. The minimum absolute atomic E-state index is 0.0320. The van der Waals surface area contributed by atoms with Gasteiger partial charge in [0.2, 0.25) is 5.78 Å². The first-order valence-corrected chi connectivity index (χ1v) is 5.88. The first kappa shape index (κ1) is 11.8. The fourth-order valence-electron chi connectivity index (χ4n) is 1.43. The average Bonchev–Trinajstić information content (AvgIpc) is 2.74. The van der Waals surface area contributed by atoms with Crippen molar-refractivity contribution >= 4 is 33.5 Å². The van der Waals surface area contributed by atoms with Crippen LogP contribution >= 0.6 is 15.9 Å². The molecule has 0 unspecified atom stereocenters. The number of aliphatic hydroxyl groups is 1. The number of carbonyl (C=O) groups excluding carboxylic acids is 1. The molecule has 0 aliphatic carbocycles. The second-order valence-corrected chi connectivity index (χ2v) is 4.44. The van der Waals surface area contributed by atoms with Crippen LogP contribution in [0.25, 0.3) is 6.08 Å². The van der Waals surface area contributed by atoms with Gasteiger partial charge in [-0.25, -0.2) is 0 Å². The largest absolute Gasteiger partial charge is 0.506 e. The summed E-state index contributed by atoms with van der Waals surface area (Å²) >= 11 is 3.34. The maximum atomic E-state index is 11.7. The molecule has 4 heteroatoms. The van der Waals surface area contributed by atoms with Crippen LogP contribution in [-0.4, -0.2) is 23.1 Å². The lowest BCUT2D eigenvalue weighted by atomic mass is 10.1. The summed E-state index contributed by atoms with van der Waals surface area (Å²) in [6, 6.07) is 7.57. The highest BCUT2D eigenvalue weighted by Gasteiger charge is 2.16. The van der Waals surface area contributed by atoms with Crippen molar-refractivity contribution in [2.75, 3.05) is 6.54 Å². The van der Waals surface area contributed by atoms with Crippen molar-refractivity contribution in [2.24, 2.45) is 4.99 Å². The molecule has 17 heavy (non-hydrogen) atoms. The Hall–Kier alpha value is -1.68. The van der Waals surface area contributed by atoms with E-state index in [0.717, 1.165) is 10.0 Å². The van der Waals surface area contributed by atoms with Crippen LogP contribution in [0.5, 0.6) is 0 Å². The van der Waals surface area contributed by atoms with Gasteiger partial charge in [-0.2, -0.15) is 0 Å². The summed E-state index contributed by atoms with van der Waals surface area (Å²) in [4.78, 5) is 15.6. The predicted molar refractivity (Wildman–Crippen MR) is 71.2 cm³/mol. The molecular weight excluding hydrogens is 282 g/mol. The first-order valence-electron chi connectivity index (χ1n) is 5.09. The number of halogens is 1. The van der Waals surface area contributed by atoms with Crippen molar-refractivity contribution in [3.05, 3.63) is 52.2 Å². The van der Waals surface area contributed by atoms with Gasteiger partial charge in [0.05, 0.1) is 6.54 Å². The van der Waals surface area contributed by atoms with E-state index >= 15 is 0 Å². The van der Waals surface area contributed by atoms with E-state index in [1.54, 1.807) is 6.08 Å². The van der Waals surface area contributed by atoms with E-state index in [1.165, 1.54) is 12.2 Å². The fraction of sp³-hybridized carbons (Fsp3) is 0.0769.